The highest BCUT2D eigenvalue weighted by atomic mass is 16.2. The fraction of sp³-hybridized carbons (Fsp3) is 0.690. The summed E-state index contributed by atoms with van der Waals surface area (Å²) in [5, 5.41) is 9.17. The highest BCUT2D eigenvalue weighted by molar-refractivity contribution is 5.99. The summed E-state index contributed by atoms with van der Waals surface area (Å²) in [5.74, 6) is 0.828. The van der Waals surface area contributed by atoms with Crippen LogP contribution >= 0.6 is 0 Å². The van der Waals surface area contributed by atoms with Gasteiger partial charge in [0.2, 0.25) is 17.7 Å². The normalized spacial score (nSPS) is 23.7. The molecule has 0 aliphatic heterocycles. The first-order valence-corrected chi connectivity index (χ1v) is 13.8. The van der Waals surface area contributed by atoms with Gasteiger partial charge in [-0.2, -0.15) is 0 Å². The number of hydrogen-bond donors (Lipinski definition) is 3. The molecule has 0 bridgehead atoms. The third-order valence-electron chi connectivity index (χ3n) is 8.51. The molecule has 1 aromatic carbocycles. The fourth-order valence-corrected chi connectivity index (χ4v) is 6.17. The highest BCUT2D eigenvalue weighted by Gasteiger charge is 2.32. The summed E-state index contributed by atoms with van der Waals surface area (Å²) >= 11 is 0. The number of anilines is 3. The second-order valence-electron chi connectivity index (χ2n) is 12.1. The molecule has 0 radical (unpaired) electrons. The Labute approximate surface area is 210 Å². The van der Waals surface area contributed by atoms with E-state index in [1.165, 1.54) is 0 Å². The predicted octanol–water partition coefficient (Wildman–Crippen LogP) is 6.74. The molecule has 0 atom stereocenters. The smallest absolute Gasteiger partial charge is 0.227 e. The van der Waals surface area contributed by atoms with Gasteiger partial charge in [-0.3, -0.25) is 14.4 Å². The minimum atomic E-state index is 0.00173. The summed E-state index contributed by atoms with van der Waals surface area (Å²) in [6.45, 7) is 6.85. The second kappa shape index (κ2) is 11.1. The topological polar surface area (TPSA) is 87.3 Å². The molecule has 3 fully saturated rings. The number of amides is 3. The largest absolute Gasteiger partial charge is 0.326 e. The van der Waals surface area contributed by atoms with E-state index in [-0.39, 0.29) is 40.9 Å². The van der Waals surface area contributed by atoms with Crippen molar-refractivity contribution in [1.82, 2.24) is 0 Å². The maximum atomic E-state index is 13.1. The molecule has 35 heavy (non-hydrogen) atoms. The molecule has 0 aromatic heterocycles. The molecule has 3 amide bonds. The van der Waals surface area contributed by atoms with Crippen molar-refractivity contribution in [2.75, 3.05) is 16.0 Å². The third-order valence-corrected chi connectivity index (χ3v) is 8.51. The van der Waals surface area contributed by atoms with Gasteiger partial charge < -0.3 is 16.0 Å². The number of hydrogen-bond acceptors (Lipinski definition) is 3. The summed E-state index contributed by atoms with van der Waals surface area (Å²) < 4.78 is 0. The molecule has 0 unspecified atom stereocenters. The first kappa shape index (κ1) is 25.7. The van der Waals surface area contributed by atoms with Crippen LogP contribution in [0.2, 0.25) is 0 Å². The lowest BCUT2D eigenvalue weighted by molar-refractivity contribution is -0.121. The zero-order valence-electron chi connectivity index (χ0n) is 21.8. The number of benzene rings is 1. The molecule has 0 spiro atoms. The Kier molecular flexibility index (Phi) is 8.18. The average molecular weight is 482 g/mol. The van der Waals surface area contributed by atoms with E-state index < -0.39 is 0 Å². The number of rotatable bonds is 6. The van der Waals surface area contributed by atoms with E-state index in [0.717, 1.165) is 77.0 Å². The van der Waals surface area contributed by atoms with Crippen LogP contribution in [-0.2, 0) is 14.4 Å². The van der Waals surface area contributed by atoms with Gasteiger partial charge in [0.15, 0.2) is 0 Å². The summed E-state index contributed by atoms with van der Waals surface area (Å²) in [5.41, 5.74) is 2.15. The van der Waals surface area contributed by atoms with Gasteiger partial charge in [-0.05, 0) is 80.9 Å². The average Bonchev–Trinajstić information content (AvgIpc) is 3.53. The molecule has 3 aliphatic rings. The summed E-state index contributed by atoms with van der Waals surface area (Å²) in [7, 11) is 0. The van der Waals surface area contributed by atoms with Crippen LogP contribution in [0.25, 0.3) is 0 Å². The molecule has 3 aliphatic carbocycles. The van der Waals surface area contributed by atoms with E-state index in [0.29, 0.717) is 23.0 Å². The van der Waals surface area contributed by atoms with Crippen molar-refractivity contribution in [2.24, 2.45) is 29.1 Å². The first-order chi connectivity index (χ1) is 16.7. The van der Waals surface area contributed by atoms with E-state index in [2.05, 4.69) is 36.7 Å². The van der Waals surface area contributed by atoms with Crippen molar-refractivity contribution < 1.29 is 14.4 Å². The molecular weight excluding hydrogens is 438 g/mol. The predicted molar refractivity (Wildman–Crippen MR) is 141 cm³/mol. The van der Waals surface area contributed by atoms with Crippen LogP contribution in [0.5, 0.6) is 0 Å². The molecule has 3 saturated carbocycles. The van der Waals surface area contributed by atoms with Gasteiger partial charge in [-0.15, -0.1) is 0 Å². The van der Waals surface area contributed by atoms with Crippen LogP contribution in [0.1, 0.15) is 97.8 Å². The van der Waals surface area contributed by atoms with Crippen molar-refractivity contribution in [3.05, 3.63) is 18.2 Å². The summed E-state index contributed by atoms with van der Waals surface area (Å²) in [4.78, 5) is 38.7. The number of nitrogens with one attached hydrogen (secondary N) is 3. The molecule has 192 valence electrons. The van der Waals surface area contributed by atoms with Crippen molar-refractivity contribution in [1.29, 1.82) is 0 Å². The lowest BCUT2D eigenvalue weighted by Gasteiger charge is -2.36. The SMILES string of the molecule is CC(C)(C)C1CCC(C(=O)Nc2cc(NC(=O)C3CCCC3)cc(NC(=O)C3CCCC3)c2)CC1. The molecule has 6 heteroatoms. The van der Waals surface area contributed by atoms with E-state index in [1.807, 2.05) is 18.2 Å². The van der Waals surface area contributed by atoms with E-state index >= 15 is 0 Å². The Bertz CT molecular complexity index is 867. The van der Waals surface area contributed by atoms with E-state index in [1.54, 1.807) is 0 Å². The summed E-state index contributed by atoms with van der Waals surface area (Å²) in [6, 6.07) is 5.44. The molecule has 6 nitrogen and oxygen atoms in total. The molecule has 4 rings (SSSR count). The number of carbonyl (C=O) groups excluding carboxylic acids is 3. The third kappa shape index (κ3) is 6.86. The van der Waals surface area contributed by atoms with Crippen LogP contribution < -0.4 is 16.0 Å². The maximum Gasteiger partial charge on any atom is 0.227 e. The zero-order chi connectivity index (χ0) is 25.0. The van der Waals surface area contributed by atoms with Crippen LogP contribution in [0, 0.1) is 29.1 Å². The van der Waals surface area contributed by atoms with Gasteiger partial charge >= 0.3 is 0 Å². The second-order valence-corrected chi connectivity index (χ2v) is 12.1. The van der Waals surface area contributed by atoms with Gasteiger partial charge in [-0.25, -0.2) is 0 Å². The lowest BCUT2D eigenvalue weighted by atomic mass is 9.69. The molecule has 3 N–H and O–H groups in total. The maximum absolute atomic E-state index is 13.1. The van der Waals surface area contributed by atoms with Gasteiger partial charge in [-0.1, -0.05) is 46.5 Å². The van der Waals surface area contributed by atoms with Gasteiger partial charge in [0, 0.05) is 34.8 Å². The van der Waals surface area contributed by atoms with Crippen molar-refractivity contribution in [2.45, 2.75) is 97.8 Å². The molecule has 0 saturated heterocycles. The van der Waals surface area contributed by atoms with Gasteiger partial charge in [0.25, 0.3) is 0 Å². The minimum Gasteiger partial charge on any atom is -0.326 e. The van der Waals surface area contributed by atoms with E-state index in [4.69, 9.17) is 0 Å². The van der Waals surface area contributed by atoms with Crippen molar-refractivity contribution in [3.63, 3.8) is 0 Å². The zero-order valence-corrected chi connectivity index (χ0v) is 21.8. The molecular formula is C29H43N3O3. The van der Waals surface area contributed by atoms with Crippen LogP contribution in [0.15, 0.2) is 18.2 Å². The Morgan fingerprint density at radius 1 is 0.571 bits per heavy atom. The fourth-order valence-electron chi connectivity index (χ4n) is 6.17. The quantitative estimate of drug-likeness (QED) is 0.421. The Morgan fingerprint density at radius 3 is 1.20 bits per heavy atom. The van der Waals surface area contributed by atoms with E-state index in [9.17, 15) is 14.4 Å². The van der Waals surface area contributed by atoms with Crippen LogP contribution in [-0.4, -0.2) is 17.7 Å². The van der Waals surface area contributed by atoms with Crippen molar-refractivity contribution in [3.8, 4) is 0 Å². The first-order valence-electron chi connectivity index (χ1n) is 13.8. The number of carbonyl (C=O) groups is 3. The molecule has 1 aromatic rings. The molecule has 0 heterocycles. The minimum absolute atomic E-state index is 0.00173. The Morgan fingerprint density at radius 2 is 0.886 bits per heavy atom. The van der Waals surface area contributed by atoms with Crippen LogP contribution in [0.3, 0.4) is 0 Å². The highest BCUT2D eigenvalue weighted by Crippen LogP contribution is 2.40. The Hall–Kier alpha value is -2.37. The monoisotopic (exact) mass is 481 g/mol. The standard InChI is InChI=1S/C29H43N3O3/c1-29(2,3)22-14-12-21(13-15-22)28(35)32-25-17-23(30-26(33)19-8-4-5-9-19)16-24(18-25)31-27(34)20-10-6-7-11-20/h16-22H,4-15H2,1-3H3,(H,30,33)(H,31,34)(H,32,35). The van der Waals surface area contributed by atoms with Crippen LogP contribution in [0.4, 0.5) is 17.1 Å². The Balaban J connectivity index is 1.45. The van der Waals surface area contributed by atoms with Crippen molar-refractivity contribution >= 4 is 34.8 Å². The summed E-state index contributed by atoms with van der Waals surface area (Å²) in [6.07, 6.45) is 12.0. The van der Waals surface area contributed by atoms with Gasteiger partial charge in [0.05, 0.1) is 0 Å². The lowest BCUT2D eigenvalue weighted by Crippen LogP contribution is -2.31. The van der Waals surface area contributed by atoms with Gasteiger partial charge in [0.1, 0.15) is 0 Å².